The molecule has 0 aliphatic rings. The van der Waals surface area contributed by atoms with Crippen molar-refractivity contribution in [2.45, 2.75) is 19.4 Å². The number of halogens is 1. The van der Waals surface area contributed by atoms with Crippen molar-refractivity contribution in [1.82, 2.24) is 4.90 Å². The average molecular weight is 287 g/mol. The lowest BCUT2D eigenvalue weighted by molar-refractivity contribution is -0.131. The van der Waals surface area contributed by atoms with E-state index >= 15 is 0 Å². The number of amides is 1. The lowest BCUT2D eigenvalue weighted by atomic mass is 10.0. The molecule has 2 aromatic carbocycles. The minimum Gasteiger partial charge on any atom is -0.508 e. The van der Waals surface area contributed by atoms with Crippen LogP contribution in [0.1, 0.15) is 24.1 Å². The first kappa shape index (κ1) is 15.0. The summed E-state index contributed by atoms with van der Waals surface area (Å²) >= 11 is 0. The molecule has 0 saturated heterocycles. The fourth-order valence-electron chi connectivity index (χ4n) is 2.19. The minimum atomic E-state index is -0.380. The van der Waals surface area contributed by atoms with E-state index in [0.29, 0.717) is 11.1 Å². The summed E-state index contributed by atoms with van der Waals surface area (Å²) in [6.07, 6.45) is 0.00110. The Labute approximate surface area is 123 Å². The highest BCUT2D eigenvalue weighted by atomic mass is 19.1. The normalized spacial score (nSPS) is 12.0. The maximum absolute atomic E-state index is 13.6. The minimum absolute atomic E-state index is 0.00110. The van der Waals surface area contributed by atoms with Crippen molar-refractivity contribution in [2.75, 3.05) is 7.05 Å². The van der Waals surface area contributed by atoms with E-state index in [-0.39, 0.29) is 29.9 Å². The molecule has 0 heterocycles. The second kappa shape index (κ2) is 6.39. The number of likely N-dealkylation sites (N-methyl/N-ethyl adjacent to an activating group) is 1. The average Bonchev–Trinajstić information content (AvgIpc) is 2.48. The zero-order valence-electron chi connectivity index (χ0n) is 12.1. The maximum Gasteiger partial charge on any atom is 0.227 e. The van der Waals surface area contributed by atoms with Gasteiger partial charge in [-0.2, -0.15) is 0 Å². The van der Waals surface area contributed by atoms with Gasteiger partial charge in [0.2, 0.25) is 5.91 Å². The van der Waals surface area contributed by atoms with Crippen LogP contribution in [0.4, 0.5) is 4.39 Å². The molecule has 1 atom stereocenters. The van der Waals surface area contributed by atoms with Crippen molar-refractivity contribution < 1.29 is 14.3 Å². The summed E-state index contributed by atoms with van der Waals surface area (Å²) in [5.74, 6) is -0.430. The van der Waals surface area contributed by atoms with Gasteiger partial charge in [0.1, 0.15) is 11.6 Å². The first-order valence-corrected chi connectivity index (χ1v) is 6.77. The third kappa shape index (κ3) is 3.40. The second-order valence-electron chi connectivity index (χ2n) is 5.01. The molecule has 1 N–H and O–H groups in total. The molecule has 2 aromatic rings. The topological polar surface area (TPSA) is 40.5 Å². The number of benzene rings is 2. The van der Waals surface area contributed by atoms with Crippen molar-refractivity contribution in [2.24, 2.45) is 0 Å². The summed E-state index contributed by atoms with van der Waals surface area (Å²) in [4.78, 5) is 13.8. The number of nitrogens with zero attached hydrogens (tertiary/aromatic N) is 1. The molecular formula is C17H18FNO2. The van der Waals surface area contributed by atoms with Crippen molar-refractivity contribution in [3.05, 3.63) is 65.5 Å². The summed E-state index contributed by atoms with van der Waals surface area (Å²) in [5, 5.41) is 9.85. The van der Waals surface area contributed by atoms with Crippen LogP contribution in [0, 0.1) is 5.82 Å². The number of aromatic hydroxyl groups is 1. The van der Waals surface area contributed by atoms with Crippen LogP contribution in [-0.4, -0.2) is 23.0 Å². The highest BCUT2D eigenvalue weighted by molar-refractivity contribution is 5.79. The molecule has 3 nitrogen and oxygen atoms in total. The van der Waals surface area contributed by atoms with Gasteiger partial charge >= 0.3 is 0 Å². The largest absolute Gasteiger partial charge is 0.508 e. The first-order chi connectivity index (χ1) is 10.0. The van der Waals surface area contributed by atoms with Gasteiger partial charge in [-0.05, 0) is 24.6 Å². The lowest BCUT2D eigenvalue weighted by Gasteiger charge is -2.26. The van der Waals surface area contributed by atoms with Crippen LogP contribution >= 0.6 is 0 Å². The maximum atomic E-state index is 13.6. The Morgan fingerprint density at radius 3 is 2.48 bits per heavy atom. The molecule has 0 aromatic heterocycles. The van der Waals surface area contributed by atoms with Crippen LogP contribution in [0.3, 0.4) is 0 Å². The molecule has 0 radical (unpaired) electrons. The summed E-state index contributed by atoms with van der Waals surface area (Å²) < 4.78 is 13.6. The van der Waals surface area contributed by atoms with Crippen LogP contribution in [0.5, 0.6) is 5.75 Å². The Hall–Kier alpha value is -2.36. The van der Waals surface area contributed by atoms with Crippen molar-refractivity contribution >= 4 is 5.91 Å². The molecular weight excluding hydrogens is 269 g/mol. The van der Waals surface area contributed by atoms with Crippen LogP contribution in [-0.2, 0) is 11.2 Å². The fourth-order valence-corrected chi connectivity index (χ4v) is 2.19. The fraction of sp³-hybridized carbons (Fsp3) is 0.235. The molecule has 1 amide bonds. The molecule has 0 saturated carbocycles. The molecule has 1 unspecified atom stereocenters. The van der Waals surface area contributed by atoms with Gasteiger partial charge in [0.25, 0.3) is 0 Å². The van der Waals surface area contributed by atoms with Gasteiger partial charge in [-0.15, -0.1) is 0 Å². The van der Waals surface area contributed by atoms with Crippen molar-refractivity contribution in [3.8, 4) is 5.75 Å². The Morgan fingerprint density at radius 1 is 1.19 bits per heavy atom. The van der Waals surface area contributed by atoms with E-state index in [9.17, 15) is 14.3 Å². The highest BCUT2D eigenvalue weighted by Gasteiger charge is 2.20. The number of carbonyl (C=O) groups is 1. The Morgan fingerprint density at radius 2 is 1.81 bits per heavy atom. The lowest BCUT2D eigenvalue weighted by Crippen LogP contribution is -2.31. The number of rotatable bonds is 4. The smallest absolute Gasteiger partial charge is 0.227 e. The first-order valence-electron chi connectivity index (χ1n) is 6.77. The molecule has 4 heteroatoms. The third-order valence-corrected chi connectivity index (χ3v) is 3.66. The van der Waals surface area contributed by atoms with Gasteiger partial charge in [0.15, 0.2) is 0 Å². The van der Waals surface area contributed by atoms with Crippen LogP contribution < -0.4 is 0 Å². The van der Waals surface area contributed by atoms with Gasteiger partial charge < -0.3 is 10.0 Å². The van der Waals surface area contributed by atoms with Crippen LogP contribution in [0.15, 0.2) is 48.5 Å². The molecule has 110 valence electrons. The third-order valence-electron chi connectivity index (χ3n) is 3.66. The van der Waals surface area contributed by atoms with Crippen molar-refractivity contribution in [1.29, 1.82) is 0 Å². The molecule has 2 rings (SSSR count). The van der Waals surface area contributed by atoms with Gasteiger partial charge in [0.05, 0.1) is 12.5 Å². The quantitative estimate of drug-likeness (QED) is 0.937. The molecule has 0 aliphatic carbocycles. The van der Waals surface area contributed by atoms with Crippen LogP contribution in [0.2, 0.25) is 0 Å². The Bertz CT molecular complexity index is 642. The zero-order chi connectivity index (χ0) is 15.4. The molecule has 0 aliphatic heterocycles. The van der Waals surface area contributed by atoms with Gasteiger partial charge in [0, 0.05) is 12.6 Å². The molecule has 0 bridgehead atoms. The van der Waals surface area contributed by atoms with E-state index in [4.69, 9.17) is 0 Å². The predicted octanol–water partition coefficient (Wildman–Crippen LogP) is 3.29. The van der Waals surface area contributed by atoms with Gasteiger partial charge in [-0.25, -0.2) is 4.39 Å². The van der Waals surface area contributed by atoms with E-state index in [1.807, 2.05) is 6.92 Å². The number of hydrogen-bond acceptors (Lipinski definition) is 2. The SMILES string of the molecule is CC(c1ccccc1O)N(C)C(=O)Cc1ccccc1F. The summed E-state index contributed by atoms with van der Waals surface area (Å²) in [6.45, 7) is 1.83. The molecule has 0 fully saturated rings. The summed E-state index contributed by atoms with van der Waals surface area (Å²) in [7, 11) is 1.65. The number of phenols is 1. The van der Waals surface area contributed by atoms with E-state index in [1.54, 1.807) is 49.5 Å². The standard InChI is InChI=1S/C17H18FNO2/c1-12(14-8-4-6-10-16(14)20)19(2)17(21)11-13-7-3-5-9-15(13)18/h3-10,12,20H,11H2,1-2H3. The van der Waals surface area contributed by atoms with Crippen molar-refractivity contribution in [3.63, 3.8) is 0 Å². The Kier molecular flexibility index (Phi) is 4.58. The van der Waals surface area contributed by atoms with Crippen LogP contribution in [0.25, 0.3) is 0 Å². The van der Waals surface area contributed by atoms with E-state index in [1.165, 1.54) is 11.0 Å². The monoisotopic (exact) mass is 287 g/mol. The number of hydrogen-bond donors (Lipinski definition) is 1. The molecule has 0 spiro atoms. The summed E-state index contributed by atoms with van der Waals surface area (Å²) in [5.41, 5.74) is 1.04. The van der Waals surface area contributed by atoms with E-state index < -0.39 is 0 Å². The highest BCUT2D eigenvalue weighted by Crippen LogP contribution is 2.27. The summed E-state index contributed by atoms with van der Waals surface area (Å²) in [6, 6.07) is 12.9. The number of para-hydroxylation sites is 1. The van der Waals surface area contributed by atoms with Gasteiger partial charge in [-0.3, -0.25) is 4.79 Å². The van der Waals surface area contributed by atoms with Gasteiger partial charge in [-0.1, -0.05) is 36.4 Å². The van der Waals surface area contributed by atoms with E-state index in [2.05, 4.69) is 0 Å². The van der Waals surface area contributed by atoms with E-state index in [0.717, 1.165) is 0 Å². The Balaban J connectivity index is 2.13. The number of phenolic OH excluding ortho intramolecular Hbond substituents is 1. The molecule has 21 heavy (non-hydrogen) atoms. The second-order valence-corrected chi connectivity index (χ2v) is 5.01. The predicted molar refractivity (Wildman–Crippen MR) is 79.4 cm³/mol. The number of carbonyl (C=O) groups excluding carboxylic acids is 1. The zero-order valence-corrected chi connectivity index (χ0v) is 12.1.